The van der Waals surface area contributed by atoms with Crippen molar-refractivity contribution in [1.29, 1.82) is 0 Å². The van der Waals surface area contributed by atoms with Gasteiger partial charge in [0.05, 0.1) is 11.6 Å². The van der Waals surface area contributed by atoms with Gasteiger partial charge in [-0.3, -0.25) is 0 Å². The standard InChI is InChI=1S/C11H10BrF3N4O/c1-5(16)9-18-19-10(20-9)17-6-2-3-8(12)7(4-6)11(13,14)15/h2-5H,16H2,1H3,(H,17,19). The van der Waals surface area contributed by atoms with Crippen LogP contribution in [0.3, 0.4) is 0 Å². The Morgan fingerprint density at radius 3 is 2.60 bits per heavy atom. The van der Waals surface area contributed by atoms with Gasteiger partial charge in [-0.2, -0.15) is 13.2 Å². The number of aromatic nitrogens is 2. The highest BCUT2D eigenvalue weighted by Crippen LogP contribution is 2.36. The highest BCUT2D eigenvalue weighted by atomic mass is 79.9. The van der Waals surface area contributed by atoms with Gasteiger partial charge in [0.15, 0.2) is 0 Å². The van der Waals surface area contributed by atoms with Crippen LogP contribution in [0.15, 0.2) is 27.1 Å². The number of nitrogens with two attached hydrogens (primary N) is 1. The number of nitrogens with one attached hydrogen (secondary N) is 1. The summed E-state index contributed by atoms with van der Waals surface area (Å²) in [5.41, 5.74) is 4.93. The van der Waals surface area contributed by atoms with Crippen LogP contribution in [0.5, 0.6) is 0 Å². The first-order chi connectivity index (χ1) is 9.27. The molecule has 0 spiro atoms. The lowest BCUT2D eigenvalue weighted by Crippen LogP contribution is -2.06. The Morgan fingerprint density at radius 2 is 2.05 bits per heavy atom. The molecule has 0 saturated heterocycles. The molecule has 1 unspecified atom stereocenters. The van der Waals surface area contributed by atoms with E-state index in [4.69, 9.17) is 10.2 Å². The van der Waals surface area contributed by atoms with Crippen molar-refractivity contribution in [3.05, 3.63) is 34.1 Å². The summed E-state index contributed by atoms with van der Waals surface area (Å²) in [6.45, 7) is 1.65. The minimum absolute atomic E-state index is 0.0206. The second kappa shape index (κ2) is 5.41. The van der Waals surface area contributed by atoms with Crippen molar-refractivity contribution in [3.8, 4) is 0 Å². The first kappa shape index (κ1) is 14.8. The van der Waals surface area contributed by atoms with Gasteiger partial charge < -0.3 is 15.5 Å². The van der Waals surface area contributed by atoms with Gasteiger partial charge in [0.2, 0.25) is 5.89 Å². The van der Waals surface area contributed by atoms with Crippen molar-refractivity contribution in [3.63, 3.8) is 0 Å². The predicted octanol–water partition coefficient (Wildman–Crippen LogP) is 3.61. The Morgan fingerprint density at radius 1 is 1.35 bits per heavy atom. The van der Waals surface area contributed by atoms with Crippen LogP contribution < -0.4 is 11.1 Å². The van der Waals surface area contributed by atoms with Gasteiger partial charge in [0.25, 0.3) is 0 Å². The molecule has 0 aliphatic rings. The third-order valence-corrected chi connectivity index (χ3v) is 3.04. The third-order valence-electron chi connectivity index (χ3n) is 2.35. The smallest absolute Gasteiger partial charge is 0.406 e. The van der Waals surface area contributed by atoms with Crippen molar-refractivity contribution in [2.45, 2.75) is 19.1 Å². The Balaban J connectivity index is 2.25. The lowest BCUT2D eigenvalue weighted by molar-refractivity contribution is -0.138. The summed E-state index contributed by atoms with van der Waals surface area (Å²) in [5.74, 6) is 0.195. The molecule has 108 valence electrons. The fourth-order valence-electron chi connectivity index (χ4n) is 1.41. The second-order valence-electron chi connectivity index (χ2n) is 4.05. The molecule has 0 radical (unpaired) electrons. The number of hydrogen-bond donors (Lipinski definition) is 2. The van der Waals surface area contributed by atoms with Crippen LogP contribution in [0, 0.1) is 0 Å². The molecule has 5 nitrogen and oxygen atoms in total. The molecule has 1 aromatic carbocycles. The van der Waals surface area contributed by atoms with Crippen molar-refractivity contribution in [2.75, 3.05) is 5.32 Å². The highest BCUT2D eigenvalue weighted by Gasteiger charge is 2.33. The van der Waals surface area contributed by atoms with Crippen molar-refractivity contribution >= 4 is 27.6 Å². The summed E-state index contributed by atoms with van der Waals surface area (Å²) in [6, 6.07) is 3.21. The number of halogens is 4. The molecule has 1 heterocycles. The molecule has 2 rings (SSSR count). The number of nitrogens with zero attached hydrogens (tertiary/aromatic N) is 2. The van der Waals surface area contributed by atoms with Crippen LogP contribution in [0.25, 0.3) is 0 Å². The minimum Gasteiger partial charge on any atom is -0.406 e. The number of anilines is 2. The molecule has 0 aliphatic carbocycles. The van der Waals surface area contributed by atoms with Gasteiger partial charge in [-0.15, -0.1) is 5.10 Å². The van der Waals surface area contributed by atoms with Gasteiger partial charge in [0, 0.05) is 10.2 Å². The molecule has 0 bridgehead atoms. The molecular weight excluding hydrogens is 341 g/mol. The maximum Gasteiger partial charge on any atom is 0.417 e. The summed E-state index contributed by atoms with van der Waals surface area (Å²) in [6.07, 6.45) is -4.46. The fraction of sp³-hybridized carbons (Fsp3) is 0.273. The van der Waals surface area contributed by atoms with E-state index in [2.05, 4.69) is 31.4 Å². The topological polar surface area (TPSA) is 77.0 Å². The molecule has 3 N–H and O–H groups in total. The van der Waals surface area contributed by atoms with E-state index in [1.54, 1.807) is 6.92 Å². The van der Waals surface area contributed by atoms with Gasteiger partial charge in [-0.05, 0) is 25.1 Å². The Kier molecular flexibility index (Phi) is 4.00. The maximum absolute atomic E-state index is 12.8. The number of benzene rings is 1. The molecule has 1 atom stereocenters. The summed E-state index contributed by atoms with van der Waals surface area (Å²) < 4.78 is 43.4. The SMILES string of the molecule is CC(N)c1nnc(Nc2ccc(Br)c(C(F)(F)F)c2)o1. The maximum atomic E-state index is 12.8. The van der Waals surface area contributed by atoms with E-state index in [0.29, 0.717) is 0 Å². The lowest BCUT2D eigenvalue weighted by atomic mass is 10.2. The van der Waals surface area contributed by atoms with Crippen molar-refractivity contribution in [2.24, 2.45) is 5.73 Å². The normalized spacial score (nSPS) is 13.3. The molecule has 20 heavy (non-hydrogen) atoms. The van der Waals surface area contributed by atoms with Crippen molar-refractivity contribution in [1.82, 2.24) is 10.2 Å². The number of rotatable bonds is 3. The summed E-state index contributed by atoms with van der Waals surface area (Å²) in [4.78, 5) is 0. The molecule has 0 amide bonds. The Hall–Kier alpha value is -1.61. The molecular formula is C11H10BrF3N4O. The van der Waals surface area contributed by atoms with Crippen LogP contribution in [0.1, 0.15) is 24.4 Å². The van der Waals surface area contributed by atoms with E-state index in [1.807, 2.05) is 0 Å². The second-order valence-corrected chi connectivity index (χ2v) is 4.91. The van der Waals surface area contributed by atoms with E-state index in [0.717, 1.165) is 6.07 Å². The zero-order valence-corrected chi connectivity index (χ0v) is 11.8. The fourth-order valence-corrected chi connectivity index (χ4v) is 1.88. The summed E-state index contributed by atoms with van der Waals surface area (Å²) in [7, 11) is 0. The van der Waals surface area contributed by atoms with Crippen LogP contribution in [0.2, 0.25) is 0 Å². The lowest BCUT2D eigenvalue weighted by Gasteiger charge is -2.11. The van der Waals surface area contributed by atoms with Crippen LogP contribution >= 0.6 is 15.9 Å². The number of hydrogen-bond acceptors (Lipinski definition) is 5. The van der Waals surface area contributed by atoms with Crippen LogP contribution in [-0.4, -0.2) is 10.2 Å². The minimum atomic E-state index is -4.46. The van der Waals surface area contributed by atoms with Gasteiger partial charge >= 0.3 is 12.2 Å². The highest BCUT2D eigenvalue weighted by molar-refractivity contribution is 9.10. The molecule has 1 aromatic heterocycles. The molecule has 9 heteroatoms. The van der Waals surface area contributed by atoms with E-state index in [-0.39, 0.29) is 22.1 Å². The molecule has 0 aliphatic heterocycles. The summed E-state index contributed by atoms with van der Waals surface area (Å²) >= 11 is 2.86. The van der Waals surface area contributed by atoms with Gasteiger partial charge in [-0.25, -0.2) is 0 Å². The number of alkyl halides is 3. The van der Waals surface area contributed by atoms with Gasteiger partial charge in [-0.1, -0.05) is 21.0 Å². The van der Waals surface area contributed by atoms with Crippen LogP contribution in [-0.2, 0) is 6.18 Å². The third kappa shape index (κ3) is 3.28. The largest absolute Gasteiger partial charge is 0.417 e. The molecule has 0 fully saturated rings. The van der Waals surface area contributed by atoms with E-state index in [9.17, 15) is 13.2 Å². The monoisotopic (exact) mass is 350 g/mol. The van der Waals surface area contributed by atoms with E-state index < -0.39 is 17.8 Å². The first-order valence-corrected chi connectivity index (χ1v) is 6.29. The Labute approximate surface area is 120 Å². The van der Waals surface area contributed by atoms with Crippen LogP contribution in [0.4, 0.5) is 24.9 Å². The molecule has 2 aromatic rings. The quantitative estimate of drug-likeness (QED) is 0.883. The molecule has 0 saturated carbocycles. The van der Waals surface area contributed by atoms with E-state index >= 15 is 0 Å². The van der Waals surface area contributed by atoms with E-state index in [1.165, 1.54) is 12.1 Å². The summed E-state index contributed by atoms with van der Waals surface area (Å²) in [5, 5.41) is 9.91. The predicted molar refractivity (Wildman–Crippen MR) is 69.3 cm³/mol. The van der Waals surface area contributed by atoms with Gasteiger partial charge in [0.1, 0.15) is 0 Å². The first-order valence-electron chi connectivity index (χ1n) is 5.50. The Bertz CT molecular complexity index is 612. The zero-order chi connectivity index (χ0) is 14.9. The average Bonchev–Trinajstić information content (AvgIpc) is 2.79. The van der Waals surface area contributed by atoms with Crippen molar-refractivity contribution < 1.29 is 17.6 Å². The average molecular weight is 351 g/mol. The zero-order valence-electron chi connectivity index (χ0n) is 10.2.